The standard InChI is InChI=1S/C16H24N2O2S/c19-16(4-3-14-5-11-21-13-14)18-8-6-17(7-9-18)12-15-2-1-10-20-15/h5,11,13,15H,1-4,6-10,12H2/p+1/t15-/m0/s1. The summed E-state index contributed by atoms with van der Waals surface area (Å²) in [5, 5.41) is 4.21. The highest BCUT2D eigenvalue weighted by molar-refractivity contribution is 7.07. The zero-order valence-electron chi connectivity index (χ0n) is 12.6. The predicted octanol–water partition coefficient (Wildman–Crippen LogP) is 0.587. The van der Waals surface area contributed by atoms with Gasteiger partial charge in [-0.05, 0) is 41.7 Å². The molecule has 2 saturated heterocycles. The van der Waals surface area contributed by atoms with Crippen LogP contribution in [0.4, 0.5) is 0 Å². The average molecular weight is 309 g/mol. The highest BCUT2D eigenvalue weighted by atomic mass is 32.1. The normalized spacial score (nSPS) is 23.6. The molecule has 1 aromatic rings. The molecule has 2 aliphatic rings. The first-order valence-corrected chi connectivity index (χ1v) is 8.99. The maximum atomic E-state index is 12.2. The van der Waals surface area contributed by atoms with E-state index >= 15 is 0 Å². The molecule has 0 spiro atoms. The van der Waals surface area contributed by atoms with Crippen molar-refractivity contribution in [2.45, 2.75) is 31.8 Å². The Labute approximate surface area is 130 Å². The van der Waals surface area contributed by atoms with Crippen molar-refractivity contribution in [3.8, 4) is 0 Å². The number of ether oxygens (including phenoxy) is 1. The molecule has 5 heteroatoms. The first-order valence-electron chi connectivity index (χ1n) is 8.05. The van der Waals surface area contributed by atoms with Crippen LogP contribution in [0.1, 0.15) is 24.8 Å². The van der Waals surface area contributed by atoms with Gasteiger partial charge in [-0.3, -0.25) is 4.79 Å². The molecule has 3 rings (SSSR count). The van der Waals surface area contributed by atoms with Gasteiger partial charge in [0, 0.05) is 13.0 Å². The number of rotatable bonds is 5. The van der Waals surface area contributed by atoms with Crippen molar-refractivity contribution in [2.75, 3.05) is 39.3 Å². The van der Waals surface area contributed by atoms with E-state index < -0.39 is 0 Å². The van der Waals surface area contributed by atoms with Crippen molar-refractivity contribution >= 4 is 17.2 Å². The lowest BCUT2D eigenvalue weighted by molar-refractivity contribution is -0.906. The fraction of sp³-hybridized carbons (Fsp3) is 0.688. The van der Waals surface area contributed by atoms with Crippen LogP contribution in [0.15, 0.2) is 16.8 Å². The topological polar surface area (TPSA) is 34.0 Å². The zero-order chi connectivity index (χ0) is 14.5. The molecule has 0 aliphatic carbocycles. The van der Waals surface area contributed by atoms with Crippen molar-refractivity contribution in [3.05, 3.63) is 22.4 Å². The summed E-state index contributed by atoms with van der Waals surface area (Å²) in [6, 6.07) is 2.11. The van der Waals surface area contributed by atoms with Gasteiger partial charge in [0.05, 0.1) is 26.2 Å². The van der Waals surface area contributed by atoms with Crippen LogP contribution in [0.5, 0.6) is 0 Å². The number of aryl methyl sites for hydroxylation is 1. The quantitative estimate of drug-likeness (QED) is 0.864. The molecular weight excluding hydrogens is 284 g/mol. The van der Waals surface area contributed by atoms with E-state index in [0.29, 0.717) is 18.4 Å². The number of amides is 1. The molecule has 116 valence electrons. The SMILES string of the molecule is O=C(CCc1ccsc1)N1CC[NH+](C[C@@H]2CCCO2)CC1. The number of nitrogens with zero attached hydrogens (tertiary/aromatic N) is 1. The number of thiophene rings is 1. The first-order chi connectivity index (χ1) is 10.3. The molecule has 1 N–H and O–H groups in total. The summed E-state index contributed by atoms with van der Waals surface area (Å²) in [6.45, 7) is 6.02. The van der Waals surface area contributed by atoms with Gasteiger partial charge in [0.25, 0.3) is 0 Å². The van der Waals surface area contributed by atoms with Gasteiger partial charge < -0.3 is 14.5 Å². The monoisotopic (exact) mass is 309 g/mol. The third-order valence-corrected chi connectivity index (χ3v) is 5.30. The minimum atomic E-state index is 0.317. The second-order valence-corrected chi connectivity index (χ2v) is 6.88. The van der Waals surface area contributed by atoms with E-state index in [1.54, 1.807) is 16.2 Å². The number of carbonyl (C=O) groups is 1. The summed E-state index contributed by atoms with van der Waals surface area (Å²) >= 11 is 1.70. The molecule has 0 radical (unpaired) electrons. The van der Waals surface area contributed by atoms with Gasteiger partial charge in [-0.2, -0.15) is 11.3 Å². The highest BCUT2D eigenvalue weighted by Gasteiger charge is 2.27. The number of hydrogen-bond donors (Lipinski definition) is 1. The summed E-state index contributed by atoms with van der Waals surface area (Å²) in [4.78, 5) is 15.9. The highest BCUT2D eigenvalue weighted by Crippen LogP contribution is 2.11. The second-order valence-electron chi connectivity index (χ2n) is 6.10. The Bertz CT molecular complexity index is 435. The Balaban J connectivity index is 1.37. The van der Waals surface area contributed by atoms with E-state index in [0.717, 1.165) is 45.8 Å². The molecule has 2 fully saturated rings. The molecule has 0 unspecified atom stereocenters. The average Bonchev–Trinajstić information content (AvgIpc) is 3.19. The van der Waals surface area contributed by atoms with Crippen LogP contribution in [-0.2, 0) is 16.0 Å². The van der Waals surface area contributed by atoms with E-state index in [2.05, 4.69) is 16.8 Å². The van der Waals surface area contributed by atoms with Gasteiger partial charge in [0.1, 0.15) is 12.6 Å². The lowest BCUT2D eigenvalue weighted by Crippen LogP contribution is -3.15. The summed E-state index contributed by atoms with van der Waals surface area (Å²) < 4.78 is 5.71. The van der Waals surface area contributed by atoms with Gasteiger partial charge in [-0.1, -0.05) is 0 Å². The minimum absolute atomic E-state index is 0.317. The van der Waals surface area contributed by atoms with E-state index in [1.807, 2.05) is 4.90 Å². The van der Waals surface area contributed by atoms with Gasteiger partial charge in [-0.25, -0.2) is 0 Å². The second kappa shape index (κ2) is 7.38. The molecule has 0 saturated carbocycles. The maximum absolute atomic E-state index is 12.2. The number of piperazine rings is 1. The lowest BCUT2D eigenvalue weighted by Gasteiger charge is -2.33. The zero-order valence-corrected chi connectivity index (χ0v) is 13.4. The summed E-state index contributed by atoms with van der Waals surface area (Å²) in [5.74, 6) is 0.317. The molecule has 3 heterocycles. The van der Waals surface area contributed by atoms with E-state index in [9.17, 15) is 4.79 Å². The van der Waals surface area contributed by atoms with Crippen LogP contribution < -0.4 is 4.90 Å². The van der Waals surface area contributed by atoms with Gasteiger partial charge >= 0.3 is 0 Å². The van der Waals surface area contributed by atoms with Gasteiger partial charge in [-0.15, -0.1) is 0 Å². The molecule has 0 aromatic carbocycles. The number of nitrogens with one attached hydrogen (secondary N) is 1. The molecular formula is C16H25N2O2S+. The lowest BCUT2D eigenvalue weighted by atomic mass is 10.1. The summed E-state index contributed by atoms with van der Waals surface area (Å²) in [6.07, 6.45) is 4.42. The Morgan fingerprint density at radius 1 is 1.43 bits per heavy atom. The summed E-state index contributed by atoms with van der Waals surface area (Å²) in [5.41, 5.74) is 1.29. The van der Waals surface area contributed by atoms with Crippen LogP contribution in [0, 0.1) is 0 Å². The smallest absolute Gasteiger partial charge is 0.223 e. The number of hydrogen-bond acceptors (Lipinski definition) is 3. The maximum Gasteiger partial charge on any atom is 0.223 e. The van der Waals surface area contributed by atoms with Gasteiger partial charge in [0.15, 0.2) is 0 Å². The third-order valence-electron chi connectivity index (χ3n) is 4.57. The Hall–Kier alpha value is -0.910. The molecule has 4 nitrogen and oxygen atoms in total. The summed E-state index contributed by atoms with van der Waals surface area (Å²) in [7, 11) is 0. The first kappa shape index (κ1) is 15.0. The molecule has 1 aromatic heterocycles. The number of quaternary nitrogens is 1. The molecule has 1 atom stereocenters. The predicted molar refractivity (Wildman–Crippen MR) is 83.8 cm³/mol. The Kier molecular flexibility index (Phi) is 5.27. The van der Waals surface area contributed by atoms with Crippen molar-refractivity contribution in [1.82, 2.24) is 4.90 Å². The van der Waals surface area contributed by atoms with Crippen molar-refractivity contribution in [1.29, 1.82) is 0 Å². The van der Waals surface area contributed by atoms with Crippen molar-refractivity contribution < 1.29 is 14.4 Å². The molecule has 2 aliphatic heterocycles. The fourth-order valence-corrected chi connectivity index (χ4v) is 3.95. The van der Waals surface area contributed by atoms with E-state index in [4.69, 9.17) is 4.74 Å². The number of carbonyl (C=O) groups excluding carboxylic acids is 1. The van der Waals surface area contributed by atoms with Crippen molar-refractivity contribution in [2.24, 2.45) is 0 Å². The molecule has 1 amide bonds. The minimum Gasteiger partial charge on any atom is -0.372 e. The van der Waals surface area contributed by atoms with Crippen LogP contribution in [-0.4, -0.2) is 56.2 Å². The third kappa shape index (κ3) is 4.28. The van der Waals surface area contributed by atoms with Crippen LogP contribution in [0.3, 0.4) is 0 Å². The van der Waals surface area contributed by atoms with E-state index in [-0.39, 0.29) is 0 Å². The molecule has 0 bridgehead atoms. The Morgan fingerprint density at radius 2 is 2.29 bits per heavy atom. The van der Waals surface area contributed by atoms with Crippen LogP contribution in [0.2, 0.25) is 0 Å². The van der Waals surface area contributed by atoms with Crippen LogP contribution >= 0.6 is 11.3 Å². The van der Waals surface area contributed by atoms with Crippen LogP contribution in [0.25, 0.3) is 0 Å². The van der Waals surface area contributed by atoms with Crippen molar-refractivity contribution in [3.63, 3.8) is 0 Å². The molecule has 21 heavy (non-hydrogen) atoms. The largest absolute Gasteiger partial charge is 0.372 e. The Morgan fingerprint density at radius 3 is 2.95 bits per heavy atom. The van der Waals surface area contributed by atoms with E-state index in [1.165, 1.54) is 18.4 Å². The fourth-order valence-electron chi connectivity index (χ4n) is 3.25. The van der Waals surface area contributed by atoms with Gasteiger partial charge in [0.2, 0.25) is 5.91 Å².